The van der Waals surface area contributed by atoms with Gasteiger partial charge in [-0.25, -0.2) is 9.59 Å². The number of rotatable bonds is 17. The zero-order chi connectivity index (χ0) is 30.1. The Balaban J connectivity index is 2.59. The summed E-state index contributed by atoms with van der Waals surface area (Å²) in [7, 11) is 1.70. The molecule has 0 aliphatic carbocycles. The van der Waals surface area contributed by atoms with Gasteiger partial charge in [-0.15, -0.1) is 11.3 Å². The van der Waals surface area contributed by atoms with Crippen molar-refractivity contribution in [2.24, 2.45) is 16.8 Å². The molecule has 3 atom stereocenters. The summed E-state index contributed by atoms with van der Waals surface area (Å²) in [5.41, 5.74) is 1.70. The molecule has 0 radical (unpaired) electrons. The quantitative estimate of drug-likeness (QED) is 0.163. The van der Waals surface area contributed by atoms with Crippen LogP contribution in [0.1, 0.15) is 72.1 Å². The first-order valence-corrected chi connectivity index (χ1v) is 15.7. The number of nitrogens with one attached hydrogen (secondary N) is 3. The van der Waals surface area contributed by atoms with E-state index in [0.717, 1.165) is 22.8 Å². The highest BCUT2D eigenvalue weighted by molar-refractivity contribution is 8.16. The molecule has 0 aromatic carbocycles. The van der Waals surface area contributed by atoms with Crippen molar-refractivity contribution in [3.63, 3.8) is 0 Å². The molecule has 12 heteroatoms. The van der Waals surface area contributed by atoms with E-state index in [0.29, 0.717) is 25.9 Å². The zero-order valence-electron chi connectivity index (χ0n) is 25.1. The van der Waals surface area contributed by atoms with Gasteiger partial charge in [-0.1, -0.05) is 59.9 Å². The SMILES string of the molecule is C=CS/C(=N\CCN(C)C(=O)NC(C(=O)NC(CC)CCC(CC)NC(=O)OCc1cncs1)C(C)C)C(C)C. The van der Waals surface area contributed by atoms with Crippen LogP contribution in [0.5, 0.6) is 0 Å². The van der Waals surface area contributed by atoms with Crippen molar-refractivity contribution in [2.45, 2.75) is 92.0 Å². The van der Waals surface area contributed by atoms with E-state index in [4.69, 9.17) is 4.74 Å². The van der Waals surface area contributed by atoms with Crippen LogP contribution in [0.4, 0.5) is 9.59 Å². The highest BCUT2D eigenvalue weighted by Crippen LogP contribution is 2.14. The fraction of sp³-hybridized carbons (Fsp3) is 0.679. The first kappa shape index (κ1) is 35.4. The maximum Gasteiger partial charge on any atom is 0.407 e. The molecule has 0 aliphatic rings. The maximum absolute atomic E-state index is 13.2. The van der Waals surface area contributed by atoms with Crippen LogP contribution >= 0.6 is 23.1 Å². The van der Waals surface area contributed by atoms with Gasteiger partial charge in [0, 0.05) is 37.8 Å². The third-order valence-corrected chi connectivity index (χ3v) is 8.08. The number of alkyl carbamates (subject to hydrolysis) is 1. The van der Waals surface area contributed by atoms with Crippen LogP contribution in [0.2, 0.25) is 0 Å². The summed E-state index contributed by atoms with van der Waals surface area (Å²) >= 11 is 2.93. The summed E-state index contributed by atoms with van der Waals surface area (Å²) in [4.78, 5) is 49.2. The monoisotopic (exact) mass is 596 g/mol. The minimum Gasteiger partial charge on any atom is -0.444 e. The number of amides is 4. The van der Waals surface area contributed by atoms with Crippen LogP contribution in [0.15, 0.2) is 28.7 Å². The number of carbonyl (C=O) groups excluding carboxylic acids is 3. The van der Waals surface area contributed by atoms with Crippen molar-refractivity contribution in [3.8, 4) is 0 Å². The molecule has 3 N–H and O–H groups in total. The van der Waals surface area contributed by atoms with Crippen LogP contribution in [-0.2, 0) is 16.1 Å². The average Bonchev–Trinajstić information content (AvgIpc) is 3.44. The van der Waals surface area contributed by atoms with E-state index in [2.05, 4.69) is 46.4 Å². The average molecular weight is 597 g/mol. The predicted molar refractivity (Wildman–Crippen MR) is 166 cm³/mol. The Labute approximate surface area is 248 Å². The van der Waals surface area contributed by atoms with Gasteiger partial charge in [-0.3, -0.25) is 14.8 Å². The summed E-state index contributed by atoms with van der Waals surface area (Å²) in [6, 6.07) is -1.14. The Morgan fingerprint density at radius 2 is 1.77 bits per heavy atom. The zero-order valence-corrected chi connectivity index (χ0v) is 26.7. The fourth-order valence-electron chi connectivity index (χ4n) is 3.74. The number of nitrogens with zero attached hydrogens (tertiary/aromatic N) is 3. The number of aromatic nitrogens is 1. The molecule has 226 valence electrons. The molecule has 0 spiro atoms. The van der Waals surface area contributed by atoms with Crippen LogP contribution in [0.3, 0.4) is 0 Å². The molecular formula is C28H48N6O4S2. The molecule has 10 nitrogen and oxygen atoms in total. The number of carbonyl (C=O) groups is 3. The van der Waals surface area contributed by atoms with Crippen molar-refractivity contribution in [3.05, 3.63) is 28.6 Å². The minimum absolute atomic E-state index is 0.0714. The summed E-state index contributed by atoms with van der Waals surface area (Å²) in [6.07, 6.45) is 4.07. The molecule has 0 fully saturated rings. The Bertz CT molecular complexity index is 939. The van der Waals surface area contributed by atoms with Crippen molar-refractivity contribution >= 4 is 46.2 Å². The second-order valence-electron chi connectivity index (χ2n) is 10.2. The second kappa shape index (κ2) is 19.5. The van der Waals surface area contributed by atoms with Crippen LogP contribution in [0.25, 0.3) is 0 Å². The molecule has 0 saturated heterocycles. The molecule has 0 saturated carbocycles. The lowest BCUT2D eigenvalue weighted by atomic mass is 10.00. The molecule has 4 amide bonds. The van der Waals surface area contributed by atoms with Gasteiger partial charge in [0.2, 0.25) is 5.91 Å². The summed E-state index contributed by atoms with van der Waals surface area (Å²) < 4.78 is 5.28. The van der Waals surface area contributed by atoms with Gasteiger partial charge >= 0.3 is 12.1 Å². The Kier molecular flexibility index (Phi) is 17.2. The molecular weight excluding hydrogens is 548 g/mol. The van der Waals surface area contributed by atoms with E-state index in [1.54, 1.807) is 29.1 Å². The van der Waals surface area contributed by atoms with E-state index in [9.17, 15) is 14.4 Å². The second-order valence-corrected chi connectivity index (χ2v) is 12.2. The summed E-state index contributed by atoms with van der Waals surface area (Å²) in [6.45, 7) is 16.8. The van der Waals surface area contributed by atoms with E-state index < -0.39 is 12.1 Å². The standard InChI is InChI=1S/C28H48N6O4S2/c1-9-21(12-13-22(10-2)32-28(37)38-17-23-16-29-18-40-23)31-25(35)24(19(4)5)33-27(36)34(8)15-14-30-26(20(6)7)39-11-3/h11,16,18-22,24H,3,9-10,12-15,17H2,1-2,4-8H3,(H,31,35)(H,32,37)(H,33,36)/b30-26-. The lowest BCUT2D eigenvalue weighted by Crippen LogP contribution is -2.54. The van der Waals surface area contributed by atoms with Crippen LogP contribution < -0.4 is 16.0 Å². The normalized spacial score (nSPS) is 13.9. The minimum atomic E-state index is -0.670. The molecule has 1 heterocycles. The molecule has 1 aromatic heterocycles. The third-order valence-electron chi connectivity index (χ3n) is 6.32. The topological polar surface area (TPSA) is 125 Å². The number of urea groups is 1. The number of ether oxygens (including phenoxy) is 1. The molecule has 40 heavy (non-hydrogen) atoms. The third kappa shape index (κ3) is 13.6. The molecule has 0 aliphatic heterocycles. The van der Waals surface area contributed by atoms with Crippen LogP contribution in [-0.4, -0.2) is 71.2 Å². The predicted octanol–water partition coefficient (Wildman–Crippen LogP) is 5.42. The summed E-state index contributed by atoms with van der Waals surface area (Å²) in [5, 5.41) is 11.6. The molecule has 1 aromatic rings. The van der Waals surface area contributed by atoms with Crippen molar-refractivity contribution in [1.82, 2.24) is 25.8 Å². The molecule has 3 unspecified atom stereocenters. The number of thiazole rings is 1. The number of aliphatic imine (C=N–C) groups is 1. The van der Waals surface area contributed by atoms with Crippen LogP contribution in [0, 0.1) is 11.8 Å². The van der Waals surface area contributed by atoms with Gasteiger partial charge in [0.1, 0.15) is 12.6 Å². The Morgan fingerprint density at radius 3 is 2.30 bits per heavy atom. The number of hydrogen-bond acceptors (Lipinski definition) is 8. The highest BCUT2D eigenvalue weighted by atomic mass is 32.2. The Morgan fingerprint density at radius 1 is 1.12 bits per heavy atom. The smallest absolute Gasteiger partial charge is 0.407 e. The highest BCUT2D eigenvalue weighted by Gasteiger charge is 2.27. The first-order valence-electron chi connectivity index (χ1n) is 14.0. The molecule has 0 bridgehead atoms. The Hall–Kier alpha value is -2.60. The van der Waals surface area contributed by atoms with Gasteiger partial charge in [0.15, 0.2) is 0 Å². The van der Waals surface area contributed by atoms with Gasteiger partial charge < -0.3 is 25.6 Å². The van der Waals surface area contributed by atoms with E-state index in [1.807, 2.05) is 27.7 Å². The largest absolute Gasteiger partial charge is 0.444 e. The van der Waals surface area contributed by atoms with E-state index >= 15 is 0 Å². The van der Waals surface area contributed by atoms with Gasteiger partial charge in [-0.2, -0.15) is 0 Å². The van der Waals surface area contributed by atoms with Gasteiger partial charge in [-0.05, 0) is 37.0 Å². The van der Waals surface area contributed by atoms with Gasteiger partial charge in [0.05, 0.1) is 22.0 Å². The van der Waals surface area contributed by atoms with Crippen molar-refractivity contribution in [2.75, 3.05) is 20.1 Å². The maximum atomic E-state index is 13.2. The van der Waals surface area contributed by atoms with E-state index in [-0.39, 0.29) is 42.5 Å². The van der Waals surface area contributed by atoms with E-state index in [1.165, 1.54) is 23.1 Å². The number of likely N-dealkylation sites (N-methyl/N-ethyl adjacent to an activating group) is 1. The number of thioether (sulfide) groups is 1. The molecule has 1 rings (SSSR count). The fourth-order valence-corrected chi connectivity index (χ4v) is 4.85. The lowest BCUT2D eigenvalue weighted by Gasteiger charge is -2.28. The first-order chi connectivity index (χ1) is 19.0. The number of hydrogen-bond donors (Lipinski definition) is 3. The van der Waals surface area contributed by atoms with Crippen molar-refractivity contribution in [1.29, 1.82) is 0 Å². The summed E-state index contributed by atoms with van der Waals surface area (Å²) in [5.74, 6) is -0.0205. The van der Waals surface area contributed by atoms with Gasteiger partial charge in [0.25, 0.3) is 0 Å². The lowest BCUT2D eigenvalue weighted by molar-refractivity contribution is -0.124. The van der Waals surface area contributed by atoms with Crippen molar-refractivity contribution < 1.29 is 19.1 Å².